The van der Waals surface area contributed by atoms with Crippen molar-refractivity contribution in [1.29, 1.82) is 0 Å². The topological polar surface area (TPSA) is 66.8 Å². The molecule has 152 valence electrons. The lowest BCUT2D eigenvalue weighted by Gasteiger charge is -2.33. The Labute approximate surface area is 171 Å². The lowest BCUT2D eigenvalue weighted by Crippen LogP contribution is -2.45. The van der Waals surface area contributed by atoms with Crippen LogP contribution in [0.5, 0.6) is 0 Å². The van der Waals surface area contributed by atoms with Crippen molar-refractivity contribution >= 4 is 11.9 Å². The normalized spacial score (nSPS) is 24.7. The lowest BCUT2D eigenvalue weighted by molar-refractivity contribution is -0.157. The summed E-state index contributed by atoms with van der Waals surface area (Å²) in [6.45, 7) is 1.63. The Bertz CT molecular complexity index is 854. The van der Waals surface area contributed by atoms with Gasteiger partial charge in [0.15, 0.2) is 0 Å². The van der Waals surface area contributed by atoms with Crippen LogP contribution in [-0.4, -0.2) is 48.2 Å². The summed E-state index contributed by atoms with van der Waals surface area (Å²) in [4.78, 5) is 27.0. The molecule has 0 aliphatic carbocycles. The maximum Gasteiger partial charge on any atom is 0.311 e. The Hall–Kier alpha value is -2.66. The molecular weight excluding hydrogens is 366 g/mol. The van der Waals surface area contributed by atoms with Crippen molar-refractivity contribution in [2.75, 3.05) is 26.3 Å². The molecule has 1 N–H and O–H groups in total. The number of carboxylic acids is 1. The van der Waals surface area contributed by atoms with Crippen molar-refractivity contribution in [3.63, 3.8) is 0 Å². The maximum atomic E-state index is 13.2. The Kier molecular flexibility index (Phi) is 5.67. The Morgan fingerprint density at radius 1 is 1.10 bits per heavy atom. The molecule has 0 spiro atoms. The van der Waals surface area contributed by atoms with Crippen molar-refractivity contribution in [1.82, 2.24) is 4.90 Å². The molecule has 1 unspecified atom stereocenters. The van der Waals surface area contributed by atoms with Crippen LogP contribution in [-0.2, 0) is 20.7 Å². The van der Waals surface area contributed by atoms with E-state index < -0.39 is 11.4 Å². The van der Waals surface area contributed by atoms with Gasteiger partial charge in [0, 0.05) is 32.0 Å². The molecule has 2 aromatic carbocycles. The minimum atomic E-state index is -0.852. The van der Waals surface area contributed by atoms with Crippen LogP contribution in [0.1, 0.15) is 29.9 Å². The van der Waals surface area contributed by atoms with E-state index in [-0.39, 0.29) is 17.7 Å². The number of nitrogens with zero attached hydrogens (tertiary/aromatic N) is 1. The Morgan fingerprint density at radius 3 is 2.45 bits per heavy atom. The summed E-state index contributed by atoms with van der Waals surface area (Å²) in [5, 5.41) is 9.86. The number of likely N-dealkylation sites (tertiary alicyclic amines) is 1. The highest BCUT2D eigenvalue weighted by Gasteiger charge is 2.54. The van der Waals surface area contributed by atoms with E-state index in [1.807, 2.05) is 36.4 Å². The summed E-state index contributed by atoms with van der Waals surface area (Å²) in [5.74, 6) is -0.831. The van der Waals surface area contributed by atoms with Crippen LogP contribution < -0.4 is 0 Å². The Balaban J connectivity index is 1.52. The van der Waals surface area contributed by atoms with E-state index in [0.717, 1.165) is 12.0 Å². The summed E-state index contributed by atoms with van der Waals surface area (Å²) in [5.41, 5.74) is 1.48. The van der Waals surface area contributed by atoms with Crippen LogP contribution in [0.2, 0.25) is 0 Å². The highest BCUT2D eigenvalue weighted by Crippen LogP contribution is 2.43. The van der Waals surface area contributed by atoms with Crippen LogP contribution >= 0.6 is 0 Å². The summed E-state index contributed by atoms with van der Waals surface area (Å²) in [6.07, 6.45) is 1.63. The zero-order chi connectivity index (χ0) is 20.3. The third-order valence-corrected chi connectivity index (χ3v) is 6.50. The molecule has 2 heterocycles. The second-order valence-corrected chi connectivity index (χ2v) is 8.26. The fourth-order valence-electron chi connectivity index (χ4n) is 4.76. The van der Waals surface area contributed by atoms with E-state index in [4.69, 9.17) is 4.74 Å². The first kappa shape index (κ1) is 19.6. The second kappa shape index (κ2) is 8.37. The van der Waals surface area contributed by atoms with Gasteiger partial charge < -0.3 is 14.7 Å². The molecule has 29 heavy (non-hydrogen) atoms. The standard InChI is InChI=1S/C24H27NO4/c26-22(25-15-21-16-29-12-11-24(21,17-25)23(27)28)14-20(19-9-5-2-6-10-19)13-18-7-3-1-4-8-18/h1-10,20-21H,11-17H2,(H,27,28)/t20?,21-,24+/m0/s1. The number of aliphatic carboxylic acids is 1. The first-order valence-electron chi connectivity index (χ1n) is 10.3. The van der Waals surface area contributed by atoms with E-state index in [2.05, 4.69) is 24.3 Å². The van der Waals surface area contributed by atoms with Gasteiger partial charge in [0.25, 0.3) is 0 Å². The molecule has 0 bridgehead atoms. The molecule has 2 aliphatic heterocycles. The fourth-order valence-corrected chi connectivity index (χ4v) is 4.76. The minimum Gasteiger partial charge on any atom is -0.481 e. The zero-order valence-corrected chi connectivity index (χ0v) is 16.5. The van der Waals surface area contributed by atoms with Gasteiger partial charge in [0.05, 0.1) is 12.0 Å². The van der Waals surface area contributed by atoms with E-state index in [1.54, 1.807) is 4.90 Å². The van der Waals surface area contributed by atoms with Crippen molar-refractivity contribution in [2.45, 2.75) is 25.2 Å². The highest BCUT2D eigenvalue weighted by atomic mass is 16.5. The molecular formula is C24H27NO4. The van der Waals surface area contributed by atoms with Crippen LogP contribution in [0.3, 0.4) is 0 Å². The smallest absolute Gasteiger partial charge is 0.311 e. The first-order chi connectivity index (χ1) is 14.1. The summed E-state index contributed by atoms with van der Waals surface area (Å²) in [7, 11) is 0. The molecule has 5 heteroatoms. The number of fused-ring (bicyclic) bond motifs is 1. The van der Waals surface area contributed by atoms with E-state index in [1.165, 1.54) is 5.56 Å². The molecule has 2 fully saturated rings. The monoisotopic (exact) mass is 393 g/mol. The van der Waals surface area contributed by atoms with Crippen LogP contribution in [0.25, 0.3) is 0 Å². The molecule has 0 saturated carbocycles. The van der Waals surface area contributed by atoms with Crippen LogP contribution in [0.4, 0.5) is 0 Å². The number of carbonyl (C=O) groups is 2. The molecule has 2 saturated heterocycles. The summed E-state index contributed by atoms with van der Waals surface area (Å²) in [6, 6.07) is 20.3. The molecule has 5 nitrogen and oxygen atoms in total. The number of carboxylic acid groups (broad SMARTS) is 1. The van der Waals surface area contributed by atoms with Gasteiger partial charge >= 0.3 is 5.97 Å². The van der Waals surface area contributed by atoms with Crippen molar-refractivity contribution < 1.29 is 19.4 Å². The number of hydrogen-bond acceptors (Lipinski definition) is 3. The number of ether oxygens (including phenoxy) is 1. The van der Waals surface area contributed by atoms with Gasteiger partial charge in [-0.3, -0.25) is 9.59 Å². The van der Waals surface area contributed by atoms with E-state index in [9.17, 15) is 14.7 Å². The number of hydrogen-bond donors (Lipinski definition) is 1. The predicted molar refractivity (Wildman–Crippen MR) is 110 cm³/mol. The highest BCUT2D eigenvalue weighted by molar-refractivity contribution is 5.81. The average molecular weight is 393 g/mol. The molecule has 1 amide bonds. The van der Waals surface area contributed by atoms with E-state index >= 15 is 0 Å². The second-order valence-electron chi connectivity index (χ2n) is 8.26. The summed E-state index contributed by atoms with van der Waals surface area (Å²) < 4.78 is 5.51. The number of benzene rings is 2. The first-order valence-corrected chi connectivity index (χ1v) is 10.3. The van der Waals surface area contributed by atoms with Crippen molar-refractivity contribution in [3.05, 3.63) is 71.8 Å². The minimum absolute atomic E-state index is 0.0322. The number of rotatable bonds is 6. The molecule has 0 radical (unpaired) electrons. The summed E-state index contributed by atoms with van der Waals surface area (Å²) >= 11 is 0. The van der Waals surface area contributed by atoms with Gasteiger partial charge in [0.1, 0.15) is 0 Å². The van der Waals surface area contributed by atoms with Gasteiger partial charge in [-0.25, -0.2) is 0 Å². The van der Waals surface area contributed by atoms with Gasteiger partial charge in [-0.05, 0) is 29.9 Å². The maximum absolute atomic E-state index is 13.2. The van der Waals surface area contributed by atoms with Gasteiger partial charge in [-0.2, -0.15) is 0 Å². The SMILES string of the molecule is O=C(CC(Cc1ccccc1)c1ccccc1)N1C[C@H]2COCC[C@@]2(C(=O)O)C1. The molecule has 2 aliphatic rings. The largest absolute Gasteiger partial charge is 0.481 e. The zero-order valence-electron chi connectivity index (χ0n) is 16.5. The average Bonchev–Trinajstić information content (AvgIpc) is 3.16. The van der Waals surface area contributed by atoms with Crippen LogP contribution in [0, 0.1) is 11.3 Å². The molecule has 0 aromatic heterocycles. The molecule has 4 rings (SSSR count). The van der Waals surface area contributed by atoms with Gasteiger partial charge in [0.2, 0.25) is 5.91 Å². The molecule has 2 aromatic rings. The third kappa shape index (κ3) is 4.06. The van der Waals surface area contributed by atoms with Crippen LogP contribution in [0.15, 0.2) is 60.7 Å². The van der Waals surface area contributed by atoms with Gasteiger partial charge in [-0.1, -0.05) is 60.7 Å². The number of carbonyl (C=O) groups excluding carboxylic acids is 1. The van der Waals surface area contributed by atoms with Crippen molar-refractivity contribution in [3.8, 4) is 0 Å². The Morgan fingerprint density at radius 2 is 1.79 bits per heavy atom. The number of amides is 1. The quantitative estimate of drug-likeness (QED) is 0.817. The van der Waals surface area contributed by atoms with E-state index in [0.29, 0.717) is 39.1 Å². The molecule has 3 atom stereocenters. The lowest BCUT2D eigenvalue weighted by atomic mass is 9.74. The third-order valence-electron chi connectivity index (χ3n) is 6.50. The fraction of sp³-hybridized carbons (Fsp3) is 0.417. The van der Waals surface area contributed by atoms with Gasteiger partial charge in [-0.15, -0.1) is 0 Å². The van der Waals surface area contributed by atoms with Crippen molar-refractivity contribution in [2.24, 2.45) is 11.3 Å². The predicted octanol–water partition coefficient (Wildman–Crippen LogP) is 3.35.